The molecule has 0 saturated heterocycles. The fraction of sp³-hybridized carbons (Fsp3) is 0.500. The highest BCUT2D eigenvalue weighted by molar-refractivity contribution is 6.25. The number of ketones is 2. The number of aromatic hydroxyl groups is 1. The van der Waals surface area contributed by atoms with E-state index in [4.69, 9.17) is 5.73 Å². The minimum absolute atomic E-state index is 0.111. The first kappa shape index (κ1) is 29.6. The molecule has 2 amide bonds. The van der Waals surface area contributed by atoms with E-state index in [2.05, 4.69) is 5.32 Å². The number of phenolic OH excluding ortho intramolecular Hbond substituents is 1. The SMILES string of the molecule is CN(C)[C@@H]1C(O)=C(C(N)=O)C(=O)[C@@]2(O)C(O)=C3C(=O)c4c(O)c(NC(=O)CC5CCC(F)(F)C5)cc(F)c4C[C@H]3C[C@@H]12. The lowest BCUT2D eigenvalue weighted by Gasteiger charge is -2.50. The highest BCUT2D eigenvalue weighted by atomic mass is 19.3. The molecule has 5 rings (SSSR count). The fourth-order valence-corrected chi connectivity index (χ4v) is 7.05. The van der Waals surface area contributed by atoms with Gasteiger partial charge in [-0.25, -0.2) is 13.2 Å². The van der Waals surface area contributed by atoms with Crippen molar-refractivity contribution in [2.45, 2.75) is 56.1 Å². The number of aliphatic hydroxyl groups excluding tert-OH is 2. The number of benzene rings is 1. The molecule has 5 atom stereocenters. The Balaban J connectivity index is 1.54. The molecule has 4 aliphatic carbocycles. The van der Waals surface area contributed by atoms with Crippen LogP contribution in [-0.2, 0) is 20.8 Å². The number of halogens is 3. The molecule has 7 N–H and O–H groups in total. The molecule has 226 valence electrons. The van der Waals surface area contributed by atoms with Gasteiger partial charge >= 0.3 is 0 Å². The van der Waals surface area contributed by atoms with E-state index in [0.29, 0.717) is 0 Å². The van der Waals surface area contributed by atoms with Crippen LogP contribution in [0.5, 0.6) is 5.75 Å². The van der Waals surface area contributed by atoms with Crippen LogP contribution >= 0.6 is 0 Å². The summed E-state index contributed by atoms with van der Waals surface area (Å²) in [5, 5.41) is 46.9. The molecular weight excluding hydrogens is 563 g/mol. The number of rotatable bonds is 5. The average Bonchev–Trinajstić information content (AvgIpc) is 3.21. The second-order valence-corrected chi connectivity index (χ2v) is 11.8. The number of nitrogens with zero attached hydrogens (tertiary/aromatic N) is 1. The van der Waals surface area contributed by atoms with Crippen molar-refractivity contribution in [3.8, 4) is 5.75 Å². The lowest BCUT2D eigenvalue weighted by molar-refractivity contribution is -0.148. The Morgan fingerprint density at radius 3 is 2.43 bits per heavy atom. The Morgan fingerprint density at radius 2 is 1.86 bits per heavy atom. The highest BCUT2D eigenvalue weighted by Gasteiger charge is 2.63. The third-order valence-electron chi connectivity index (χ3n) is 8.92. The average molecular weight is 594 g/mol. The van der Waals surface area contributed by atoms with E-state index < -0.39 is 111 Å². The molecule has 0 heterocycles. The number of carbonyl (C=O) groups excluding carboxylic acids is 4. The summed E-state index contributed by atoms with van der Waals surface area (Å²) in [5.41, 5.74) is -0.340. The number of carbonyl (C=O) groups is 4. The molecular formula is C28H30F3N3O8. The molecule has 0 bridgehead atoms. The number of aliphatic hydroxyl groups is 3. The van der Waals surface area contributed by atoms with E-state index in [1.165, 1.54) is 19.0 Å². The van der Waals surface area contributed by atoms with Gasteiger partial charge in [-0.1, -0.05) is 0 Å². The van der Waals surface area contributed by atoms with Gasteiger partial charge in [0.1, 0.15) is 22.9 Å². The Morgan fingerprint density at radius 1 is 1.19 bits per heavy atom. The Kier molecular flexibility index (Phi) is 6.93. The van der Waals surface area contributed by atoms with Crippen molar-refractivity contribution in [3.63, 3.8) is 0 Å². The van der Waals surface area contributed by atoms with Gasteiger partial charge in [0.25, 0.3) is 5.91 Å². The van der Waals surface area contributed by atoms with Crippen LogP contribution < -0.4 is 11.1 Å². The van der Waals surface area contributed by atoms with Crippen molar-refractivity contribution >= 4 is 29.1 Å². The zero-order chi connectivity index (χ0) is 31.0. The third-order valence-corrected chi connectivity index (χ3v) is 8.92. The second-order valence-electron chi connectivity index (χ2n) is 11.8. The third kappa shape index (κ3) is 4.35. The van der Waals surface area contributed by atoms with Crippen LogP contribution in [0.25, 0.3) is 0 Å². The normalized spacial score (nSPS) is 30.3. The zero-order valence-electron chi connectivity index (χ0n) is 22.7. The molecule has 11 nitrogen and oxygen atoms in total. The van der Waals surface area contributed by atoms with E-state index in [0.717, 1.165) is 6.07 Å². The number of hydrogen-bond acceptors (Lipinski definition) is 9. The largest absolute Gasteiger partial charge is 0.510 e. The fourth-order valence-electron chi connectivity index (χ4n) is 7.05. The number of primary amides is 1. The molecule has 0 radical (unpaired) electrons. The van der Waals surface area contributed by atoms with E-state index in [9.17, 15) is 48.4 Å². The van der Waals surface area contributed by atoms with Gasteiger partial charge in [-0.05, 0) is 45.2 Å². The van der Waals surface area contributed by atoms with Crippen molar-refractivity contribution in [3.05, 3.63) is 45.7 Å². The number of alkyl halides is 2. The summed E-state index contributed by atoms with van der Waals surface area (Å²) in [6.45, 7) is 0. The van der Waals surface area contributed by atoms with Crippen molar-refractivity contribution in [2.24, 2.45) is 23.5 Å². The molecule has 1 aromatic carbocycles. The van der Waals surface area contributed by atoms with Crippen molar-refractivity contribution in [1.82, 2.24) is 4.90 Å². The van der Waals surface area contributed by atoms with Gasteiger partial charge < -0.3 is 31.5 Å². The lowest BCUT2D eigenvalue weighted by Crippen LogP contribution is -2.63. The molecule has 1 unspecified atom stereocenters. The Bertz CT molecular complexity index is 1500. The maximum atomic E-state index is 15.4. The lowest BCUT2D eigenvalue weighted by atomic mass is 9.58. The van der Waals surface area contributed by atoms with Crippen molar-refractivity contribution in [1.29, 1.82) is 0 Å². The number of Topliss-reactive ketones (excluding diaryl/α,β-unsaturated/α-hetero) is 2. The van der Waals surface area contributed by atoms with Crippen LogP contribution in [0.2, 0.25) is 0 Å². The van der Waals surface area contributed by atoms with Crippen LogP contribution in [0, 0.1) is 23.6 Å². The van der Waals surface area contributed by atoms with Crippen LogP contribution in [0.1, 0.15) is 48.0 Å². The summed E-state index contributed by atoms with van der Waals surface area (Å²) < 4.78 is 42.4. The molecule has 1 aromatic rings. The predicted molar refractivity (Wildman–Crippen MR) is 139 cm³/mol. The van der Waals surface area contributed by atoms with Crippen LogP contribution in [-0.4, -0.2) is 80.4 Å². The first-order valence-electron chi connectivity index (χ1n) is 13.4. The summed E-state index contributed by atoms with van der Waals surface area (Å²) in [7, 11) is 2.97. The maximum absolute atomic E-state index is 15.4. The predicted octanol–water partition coefficient (Wildman–Crippen LogP) is 2.02. The Hall–Kier alpha value is -3.91. The quantitative estimate of drug-likeness (QED) is 0.219. The minimum Gasteiger partial charge on any atom is -0.510 e. The van der Waals surface area contributed by atoms with Gasteiger partial charge in [-0.15, -0.1) is 0 Å². The number of hydrogen-bond donors (Lipinski definition) is 6. The zero-order valence-corrected chi connectivity index (χ0v) is 22.7. The smallest absolute Gasteiger partial charge is 0.255 e. The molecule has 1 saturated carbocycles. The van der Waals surface area contributed by atoms with Gasteiger partial charge in [0.05, 0.1) is 17.3 Å². The monoisotopic (exact) mass is 593 g/mol. The number of nitrogens with two attached hydrogens (primary N) is 1. The molecule has 0 spiro atoms. The van der Waals surface area contributed by atoms with Gasteiger partial charge in [0, 0.05) is 42.4 Å². The summed E-state index contributed by atoms with van der Waals surface area (Å²) in [6, 6.07) is -0.386. The topological polar surface area (TPSA) is 190 Å². The number of fused-ring (bicyclic) bond motifs is 3. The van der Waals surface area contributed by atoms with E-state index in [-0.39, 0.29) is 37.7 Å². The van der Waals surface area contributed by atoms with Gasteiger partial charge in [0.15, 0.2) is 17.1 Å². The first-order valence-corrected chi connectivity index (χ1v) is 13.4. The Labute approximate surface area is 237 Å². The number of allylic oxidation sites excluding steroid dienone is 1. The van der Waals surface area contributed by atoms with Crippen LogP contribution in [0.3, 0.4) is 0 Å². The molecule has 4 aliphatic rings. The minimum atomic E-state index is -2.88. The standard InChI is InChI=1S/C28H30F3N3O8/c1-34(2)20-13-7-11-6-12-14(29)8-15(33-16(35)5-10-3-4-27(30,31)9-10)21(36)18(12)22(37)17(11)24(39)28(13,42)25(40)19(23(20)38)26(32)41/h8,10-11,13,20,36,38-39,42H,3-7,9H2,1-2H3,(H2,32,41)(H,33,35)/t10?,11-,13-,20-,28-/m0/s1. The van der Waals surface area contributed by atoms with Crippen molar-refractivity contribution < 1.29 is 52.8 Å². The first-order chi connectivity index (χ1) is 19.5. The highest BCUT2D eigenvalue weighted by Crippen LogP contribution is 2.53. The summed E-state index contributed by atoms with van der Waals surface area (Å²) in [5.74, 6) is -14.1. The van der Waals surface area contributed by atoms with Crippen LogP contribution in [0.15, 0.2) is 28.7 Å². The summed E-state index contributed by atoms with van der Waals surface area (Å²) in [6.07, 6.45) is -1.53. The summed E-state index contributed by atoms with van der Waals surface area (Å²) >= 11 is 0. The number of nitrogens with one attached hydrogen (secondary N) is 1. The number of anilines is 1. The molecule has 1 fully saturated rings. The second kappa shape index (κ2) is 9.83. The number of amides is 2. The van der Waals surface area contributed by atoms with Gasteiger partial charge in [-0.2, -0.15) is 0 Å². The van der Waals surface area contributed by atoms with Gasteiger partial charge in [-0.3, -0.25) is 24.1 Å². The van der Waals surface area contributed by atoms with Crippen molar-refractivity contribution in [2.75, 3.05) is 19.4 Å². The van der Waals surface area contributed by atoms with Crippen LogP contribution in [0.4, 0.5) is 18.9 Å². The van der Waals surface area contributed by atoms with E-state index >= 15 is 4.39 Å². The maximum Gasteiger partial charge on any atom is 0.255 e. The molecule has 42 heavy (non-hydrogen) atoms. The molecule has 14 heteroatoms. The summed E-state index contributed by atoms with van der Waals surface area (Å²) in [4.78, 5) is 53.0. The van der Waals surface area contributed by atoms with E-state index in [1.807, 2.05) is 0 Å². The molecule has 0 aromatic heterocycles. The molecule has 0 aliphatic heterocycles. The number of likely N-dealkylation sites (N-methyl/N-ethyl adjacent to an activating group) is 1. The van der Waals surface area contributed by atoms with Gasteiger partial charge in [0.2, 0.25) is 17.6 Å². The number of phenols is 1. The van der Waals surface area contributed by atoms with E-state index in [1.54, 1.807) is 0 Å².